The van der Waals surface area contributed by atoms with Crippen molar-refractivity contribution in [2.75, 3.05) is 6.61 Å². The number of benzene rings is 1. The summed E-state index contributed by atoms with van der Waals surface area (Å²) in [5.74, 6) is -0.405. The van der Waals surface area contributed by atoms with Crippen LogP contribution in [0, 0.1) is 0 Å². The molecule has 1 aromatic carbocycles. The van der Waals surface area contributed by atoms with Crippen LogP contribution in [0.3, 0.4) is 0 Å². The highest BCUT2D eigenvalue weighted by atomic mass is 16.7. The Morgan fingerprint density at radius 2 is 1.65 bits per heavy atom. The molecule has 1 atom stereocenters. The molecule has 0 spiro atoms. The van der Waals surface area contributed by atoms with E-state index in [1.165, 1.54) is 18.4 Å². The van der Waals surface area contributed by atoms with Gasteiger partial charge in [-0.2, -0.15) is 0 Å². The molecule has 1 heterocycles. The minimum absolute atomic E-state index is 0.185. The molecule has 4 nitrogen and oxygen atoms in total. The number of carbonyl (C=O) groups excluding carboxylic acids is 1. The van der Waals surface area contributed by atoms with Gasteiger partial charge in [0.2, 0.25) is 0 Å². The monoisotopic (exact) mass is 360 g/mol. The molecule has 1 saturated heterocycles. The molecule has 0 aromatic heterocycles. The summed E-state index contributed by atoms with van der Waals surface area (Å²) in [6.07, 6.45) is 3.69. The van der Waals surface area contributed by atoms with Crippen molar-refractivity contribution in [1.29, 1.82) is 0 Å². The Morgan fingerprint density at radius 3 is 2.15 bits per heavy atom. The molecule has 2 rings (SSSR count). The van der Waals surface area contributed by atoms with Gasteiger partial charge in [-0.3, -0.25) is 4.79 Å². The van der Waals surface area contributed by atoms with Crippen molar-refractivity contribution < 1.29 is 18.8 Å². The fraction of sp³-hybridized carbons (Fsp3) is 0.667. The number of esters is 1. The lowest BCUT2D eigenvalue weighted by Crippen LogP contribution is -2.41. The molecule has 0 bridgehead atoms. The summed E-state index contributed by atoms with van der Waals surface area (Å²) in [5, 5.41) is 0. The van der Waals surface area contributed by atoms with Crippen LogP contribution >= 0.6 is 0 Å². The SMILES string of the molecule is CCCCc1ccc(C(CC(=O)OCC)B2OC(C)(C)C(C)(C)O2)cc1. The third-order valence-electron chi connectivity index (χ3n) is 5.52. The largest absolute Gasteiger partial charge is 0.466 e. The van der Waals surface area contributed by atoms with E-state index in [4.69, 9.17) is 14.0 Å². The normalized spacial score (nSPS) is 19.4. The molecule has 26 heavy (non-hydrogen) atoms. The Labute approximate surface area is 158 Å². The van der Waals surface area contributed by atoms with E-state index in [2.05, 4.69) is 31.2 Å². The maximum absolute atomic E-state index is 12.2. The van der Waals surface area contributed by atoms with Gasteiger partial charge in [-0.05, 0) is 58.6 Å². The van der Waals surface area contributed by atoms with Crippen molar-refractivity contribution in [3.63, 3.8) is 0 Å². The van der Waals surface area contributed by atoms with Crippen LogP contribution in [0.2, 0.25) is 0 Å². The molecule has 5 heteroatoms. The second-order valence-electron chi connectivity index (χ2n) is 8.09. The average molecular weight is 360 g/mol. The quantitative estimate of drug-likeness (QED) is 0.498. The molecule has 1 aliphatic heterocycles. The molecule has 0 aliphatic carbocycles. The van der Waals surface area contributed by atoms with Crippen LogP contribution in [0.4, 0.5) is 0 Å². The van der Waals surface area contributed by atoms with Crippen LogP contribution in [0.25, 0.3) is 0 Å². The van der Waals surface area contributed by atoms with Gasteiger partial charge < -0.3 is 14.0 Å². The Bertz CT molecular complexity index is 579. The van der Waals surface area contributed by atoms with Crippen LogP contribution in [0.15, 0.2) is 24.3 Å². The van der Waals surface area contributed by atoms with E-state index in [0.29, 0.717) is 6.61 Å². The second kappa shape index (κ2) is 8.58. The Kier molecular flexibility index (Phi) is 6.92. The Hall–Kier alpha value is -1.33. The number of ether oxygens (including phenoxy) is 1. The standard InChI is InChI=1S/C21H33BO4/c1-7-9-10-16-11-13-17(14-12-16)18(15-19(23)24-8-2)22-25-20(3,4)21(5,6)26-22/h11-14,18H,7-10,15H2,1-6H3. The van der Waals surface area contributed by atoms with E-state index < -0.39 is 18.3 Å². The first-order chi connectivity index (χ1) is 12.2. The molecule has 0 radical (unpaired) electrons. The number of hydrogen-bond donors (Lipinski definition) is 0. The van der Waals surface area contributed by atoms with Gasteiger partial charge >= 0.3 is 13.1 Å². The molecular formula is C21H33BO4. The van der Waals surface area contributed by atoms with Crippen molar-refractivity contribution >= 4 is 13.1 Å². The first-order valence-corrected chi connectivity index (χ1v) is 9.80. The number of rotatable bonds is 8. The molecule has 1 fully saturated rings. The van der Waals surface area contributed by atoms with Crippen LogP contribution in [-0.2, 0) is 25.3 Å². The van der Waals surface area contributed by atoms with Gasteiger partial charge in [-0.25, -0.2) is 0 Å². The van der Waals surface area contributed by atoms with E-state index in [1.54, 1.807) is 0 Å². The lowest BCUT2D eigenvalue weighted by molar-refractivity contribution is -0.143. The summed E-state index contributed by atoms with van der Waals surface area (Å²) in [6, 6.07) is 8.49. The van der Waals surface area contributed by atoms with Crippen LogP contribution in [-0.4, -0.2) is 30.9 Å². The lowest BCUT2D eigenvalue weighted by Gasteiger charge is -2.32. The van der Waals surface area contributed by atoms with Crippen LogP contribution < -0.4 is 0 Å². The van der Waals surface area contributed by atoms with Gasteiger partial charge in [0.25, 0.3) is 0 Å². The minimum atomic E-state index is -0.467. The molecule has 1 unspecified atom stereocenters. The summed E-state index contributed by atoms with van der Waals surface area (Å²) >= 11 is 0. The van der Waals surface area contributed by atoms with E-state index in [1.807, 2.05) is 34.6 Å². The first-order valence-electron chi connectivity index (χ1n) is 9.80. The van der Waals surface area contributed by atoms with Crippen molar-refractivity contribution in [2.45, 2.75) is 84.2 Å². The highest BCUT2D eigenvalue weighted by molar-refractivity contribution is 6.48. The second-order valence-corrected chi connectivity index (χ2v) is 8.09. The van der Waals surface area contributed by atoms with Gasteiger partial charge in [-0.15, -0.1) is 0 Å². The summed E-state index contributed by atoms with van der Waals surface area (Å²) < 4.78 is 17.6. The highest BCUT2D eigenvalue weighted by Gasteiger charge is 2.54. The Balaban J connectivity index is 2.23. The van der Waals surface area contributed by atoms with E-state index in [9.17, 15) is 4.79 Å². The summed E-state index contributed by atoms with van der Waals surface area (Å²) in [7, 11) is -0.467. The van der Waals surface area contributed by atoms with Gasteiger partial charge in [0, 0.05) is 5.82 Å². The predicted octanol–water partition coefficient (Wildman–Crippen LogP) is 4.70. The van der Waals surface area contributed by atoms with Gasteiger partial charge in [-0.1, -0.05) is 37.6 Å². The number of hydrogen-bond acceptors (Lipinski definition) is 4. The number of unbranched alkanes of at least 4 members (excludes halogenated alkanes) is 1. The van der Waals surface area contributed by atoms with Crippen molar-refractivity contribution in [3.05, 3.63) is 35.4 Å². The minimum Gasteiger partial charge on any atom is -0.466 e. The maximum atomic E-state index is 12.2. The fourth-order valence-corrected chi connectivity index (χ4v) is 3.14. The smallest absolute Gasteiger partial charge is 0.466 e. The van der Waals surface area contributed by atoms with E-state index >= 15 is 0 Å². The van der Waals surface area contributed by atoms with Crippen molar-refractivity contribution in [1.82, 2.24) is 0 Å². The number of aryl methyl sites for hydroxylation is 1. The van der Waals surface area contributed by atoms with Gasteiger partial charge in [0.15, 0.2) is 0 Å². The third kappa shape index (κ3) is 4.89. The third-order valence-corrected chi connectivity index (χ3v) is 5.52. The molecule has 0 amide bonds. The van der Waals surface area contributed by atoms with E-state index in [-0.39, 0.29) is 18.2 Å². The molecule has 1 aromatic rings. The predicted molar refractivity (Wildman–Crippen MR) is 105 cm³/mol. The molecule has 0 saturated carbocycles. The first kappa shape index (κ1) is 21.0. The fourth-order valence-electron chi connectivity index (χ4n) is 3.14. The Morgan fingerprint density at radius 1 is 1.08 bits per heavy atom. The molecular weight excluding hydrogens is 327 g/mol. The summed E-state index contributed by atoms with van der Waals surface area (Å²) in [6.45, 7) is 12.5. The van der Waals surface area contributed by atoms with Crippen molar-refractivity contribution in [3.8, 4) is 0 Å². The number of carbonyl (C=O) groups is 1. The summed E-state index contributed by atoms with van der Waals surface area (Å²) in [4.78, 5) is 12.2. The highest BCUT2D eigenvalue weighted by Crippen LogP contribution is 2.41. The zero-order valence-electron chi connectivity index (χ0n) is 17.1. The zero-order chi connectivity index (χ0) is 19.4. The topological polar surface area (TPSA) is 44.8 Å². The average Bonchev–Trinajstić information content (AvgIpc) is 2.79. The van der Waals surface area contributed by atoms with Crippen LogP contribution in [0.5, 0.6) is 0 Å². The lowest BCUT2D eigenvalue weighted by atomic mass is 9.66. The van der Waals surface area contributed by atoms with E-state index in [0.717, 1.165) is 12.0 Å². The van der Waals surface area contributed by atoms with Crippen LogP contribution in [0.1, 0.15) is 77.7 Å². The van der Waals surface area contributed by atoms with Crippen molar-refractivity contribution in [2.24, 2.45) is 0 Å². The molecule has 144 valence electrons. The zero-order valence-corrected chi connectivity index (χ0v) is 17.1. The maximum Gasteiger partial charge on any atom is 0.466 e. The van der Waals surface area contributed by atoms with Gasteiger partial charge in [0.1, 0.15) is 0 Å². The van der Waals surface area contributed by atoms with Gasteiger partial charge in [0.05, 0.1) is 24.2 Å². The molecule has 1 aliphatic rings. The summed E-state index contributed by atoms with van der Waals surface area (Å²) in [5.41, 5.74) is 1.52. The molecule has 0 N–H and O–H groups in total.